The van der Waals surface area contributed by atoms with Crippen LogP contribution < -0.4 is 10.2 Å². The normalized spacial score (nSPS) is 21.0. The van der Waals surface area contributed by atoms with Gasteiger partial charge in [0.2, 0.25) is 0 Å². The fourth-order valence-corrected chi connectivity index (χ4v) is 3.52. The van der Waals surface area contributed by atoms with Crippen LogP contribution in [0.3, 0.4) is 0 Å². The lowest BCUT2D eigenvalue weighted by molar-refractivity contribution is 0.0532. The van der Waals surface area contributed by atoms with E-state index in [4.69, 9.17) is 4.74 Å². The minimum Gasteiger partial charge on any atom is -0.375 e. The number of morpholine rings is 1. The van der Waals surface area contributed by atoms with Crippen molar-refractivity contribution in [2.24, 2.45) is 0 Å². The molecule has 1 N–H and O–H groups in total. The highest BCUT2D eigenvalue weighted by Crippen LogP contribution is 2.38. The first kappa shape index (κ1) is 18.8. The molecule has 2 aromatic heterocycles. The van der Waals surface area contributed by atoms with Gasteiger partial charge in [-0.1, -0.05) is 0 Å². The van der Waals surface area contributed by atoms with Crippen molar-refractivity contribution in [1.82, 2.24) is 20.1 Å². The zero-order valence-electron chi connectivity index (χ0n) is 15.6. The van der Waals surface area contributed by atoms with Gasteiger partial charge in [0.25, 0.3) is 5.91 Å². The van der Waals surface area contributed by atoms with Crippen LogP contribution in [0.4, 0.5) is 14.5 Å². The van der Waals surface area contributed by atoms with Crippen molar-refractivity contribution in [2.75, 3.05) is 24.6 Å². The number of nitrogens with zero attached hydrogens (tertiary/aromatic N) is 4. The lowest BCUT2D eigenvalue weighted by Gasteiger charge is -2.33. The van der Waals surface area contributed by atoms with Gasteiger partial charge in [-0.05, 0) is 38.0 Å². The first-order valence-electron chi connectivity index (χ1n) is 9.41. The third-order valence-electron chi connectivity index (χ3n) is 5.20. The van der Waals surface area contributed by atoms with E-state index in [0.29, 0.717) is 29.1 Å². The predicted octanol–water partition coefficient (Wildman–Crippen LogP) is 2.40. The van der Waals surface area contributed by atoms with E-state index in [2.05, 4.69) is 20.3 Å². The second-order valence-electron chi connectivity index (χ2n) is 7.50. The van der Waals surface area contributed by atoms with Crippen molar-refractivity contribution in [1.29, 1.82) is 0 Å². The van der Waals surface area contributed by atoms with Gasteiger partial charge in [-0.2, -0.15) is 13.9 Å². The second kappa shape index (κ2) is 7.46. The second-order valence-corrected chi connectivity index (χ2v) is 7.50. The highest BCUT2D eigenvalue weighted by molar-refractivity contribution is 5.94. The third kappa shape index (κ3) is 4.14. The average molecular weight is 391 g/mol. The number of nitrogens with one attached hydrogen (secondary N) is 1. The first-order valence-corrected chi connectivity index (χ1v) is 9.41. The number of hydrogen-bond donors (Lipinski definition) is 1. The zero-order chi connectivity index (χ0) is 19.7. The zero-order valence-corrected chi connectivity index (χ0v) is 15.6. The van der Waals surface area contributed by atoms with Crippen molar-refractivity contribution >= 4 is 11.6 Å². The lowest BCUT2D eigenvalue weighted by atomic mass is 10.1. The summed E-state index contributed by atoms with van der Waals surface area (Å²) >= 11 is 0. The molecule has 1 atom stereocenters. The number of aromatic nitrogens is 3. The topological polar surface area (TPSA) is 72.3 Å². The minimum atomic E-state index is -2.66. The summed E-state index contributed by atoms with van der Waals surface area (Å²) in [6, 6.07) is 5.24. The van der Waals surface area contributed by atoms with Crippen LogP contribution in [0.15, 0.2) is 30.6 Å². The highest BCUT2D eigenvalue weighted by atomic mass is 19.3. The number of ether oxygens (including phenoxy) is 1. The molecule has 150 valence electrons. The van der Waals surface area contributed by atoms with E-state index in [9.17, 15) is 13.6 Å². The molecule has 0 aromatic carbocycles. The molecule has 9 heteroatoms. The molecule has 2 aliphatic rings. The molecule has 0 radical (unpaired) electrons. The molecule has 2 aromatic rings. The molecule has 0 bridgehead atoms. The number of carbonyl (C=O) groups excluding carboxylic acids is 1. The van der Waals surface area contributed by atoms with E-state index in [1.54, 1.807) is 18.3 Å². The molecule has 1 saturated heterocycles. The predicted molar refractivity (Wildman–Crippen MR) is 98.5 cm³/mol. The Morgan fingerprint density at radius 3 is 2.93 bits per heavy atom. The molecule has 1 amide bonds. The van der Waals surface area contributed by atoms with Gasteiger partial charge in [0, 0.05) is 43.1 Å². The lowest BCUT2D eigenvalue weighted by Crippen LogP contribution is -2.41. The number of hydrogen-bond acceptors (Lipinski definition) is 5. The summed E-state index contributed by atoms with van der Waals surface area (Å²) < 4.78 is 31.6. The Hall–Kier alpha value is -2.55. The van der Waals surface area contributed by atoms with Crippen LogP contribution in [0.25, 0.3) is 0 Å². The van der Waals surface area contributed by atoms with E-state index >= 15 is 0 Å². The number of alkyl halides is 2. The van der Waals surface area contributed by atoms with Gasteiger partial charge in [-0.25, -0.2) is 4.68 Å². The largest absolute Gasteiger partial charge is 0.375 e. The number of halogens is 2. The Labute approximate surface area is 161 Å². The Morgan fingerprint density at radius 2 is 2.25 bits per heavy atom. The maximum absolute atomic E-state index is 12.7. The van der Waals surface area contributed by atoms with Crippen LogP contribution in [-0.4, -0.2) is 52.0 Å². The van der Waals surface area contributed by atoms with E-state index < -0.39 is 12.1 Å². The van der Waals surface area contributed by atoms with Crippen LogP contribution in [0, 0.1) is 0 Å². The van der Waals surface area contributed by atoms with Crippen LogP contribution >= 0.6 is 0 Å². The molecular formula is C19H23F2N5O2. The summed E-state index contributed by atoms with van der Waals surface area (Å²) in [5, 5.41) is 6.91. The molecule has 0 spiro atoms. The molecule has 1 saturated carbocycles. The molecule has 1 aliphatic carbocycles. The summed E-state index contributed by atoms with van der Waals surface area (Å²) in [6.45, 7) is 1.55. The van der Waals surface area contributed by atoms with Crippen LogP contribution in [0.5, 0.6) is 0 Å². The monoisotopic (exact) mass is 391 g/mol. The van der Waals surface area contributed by atoms with Crippen LogP contribution in [0.1, 0.15) is 42.5 Å². The van der Waals surface area contributed by atoms with Gasteiger partial charge >= 0.3 is 6.55 Å². The summed E-state index contributed by atoms with van der Waals surface area (Å²) in [5.41, 5.74) is 1.41. The molecule has 7 nitrogen and oxygen atoms in total. The number of amides is 1. The van der Waals surface area contributed by atoms with Crippen molar-refractivity contribution in [3.8, 4) is 0 Å². The van der Waals surface area contributed by atoms with Crippen LogP contribution in [0.2, 0.25) is 0 Å². The van der Waals surface area contributed by atoms with Gasteiger partial charge in [-0.15, -0.1) is 0 Å². The van der Waals surface area contributed by atoms with Gasteiger partial charge in [0.15, 0.2) is 0 Å². The van der Waals surface area contributed by atoms with Crippen molar-refractivity contribution < 1.29 is 18.3 Å². The van der Waals surface area contributed by atoms with E-state index in [0.717, 1.165) is 31.6 Å². The van der Waals surface area contributed by atoms with E-state index in [1.165, 1.54) is 6.20 Å². The minimum absolute atomic E-state index is 0.141. The molecule has 0 unspecified atom stereocenters. The van der Waals surface area contributed by atoms with Crippen LogP contribution in [-0.2, 0) is 11.2 Å². The number of anilines is 1. The summed E-state index contributed by atoms with van der Waals surface area (Å²) in [7, 11) is 0. The fourth-order valence-electron chi connectivity index (χ4n) is 3.52. The van der Waals surface area contributed by atoms with Gasteiger partial charge in [0.1, 0.15) is 5.69 Å². The Kier molecular flexibility index (Phi) is 5.01. The van der Waals surface area contributed by atoms with E-state index in [1.807, 2.05) is 13.0 Å². The fraction of sp³-hybridized carbons (Fsp3) is 0.526. The number of pyridine rings is 1. The molecule has 3 heterocycles. The Morgan fingerprint density at radius 1 is 1.43 bits per heavy atom. The van der Waals surface area contributed by atoms with Crippen molar-refractivity contribution in [3.05, 3.63) is 42.0 Å². The number of rotatable bonds is 6. The molecule has 2 fully saturated rings. The SMILES string of the molecule is C[C@H]1CN(c2ccnc(C(=O)NC3(Cc4ccn(C(F)F)n4)CC3)c2)CCO1. The Bertz CT molecular complexity index is 852. The standard InChI is InChI=1S/C19H23F2N5O2/c1-13-12-25(8-9-28-13)15-2-6-22-16(10-15)17(27)23-19(4-5-19)11-14-3-7-26(24-14)18(20)21/h2-3,6-7,10,13,18H,4-5,8-9,11-12H2,1H3,(H,23,27)/t13-/m0/s1. The highest BCUT2D eigenvalue weighted by Gasteiger charge is 2.45. The summed E-state index contributed by atoms with van der Waals surface area (Å²) in [5.74, 6) is -0.256. The van der Waals surface area contributed by atoms with Gasteiger partial charge < -0.3 is 15.0 Å². The van der Waals surface area contributed by atoms with Crippen molar-refractivity contribution in [3.63, 3.8) is 0 Å². The van der Waals surface area contributed by atoms with E-state index in [-0.39, 0.29) is 12.0 Å². The maximum Gasteiger partial charge on any atom is 0.333 e. The van der Waals surface area contributed by atoms with Crippen molar-refractivity contribution in [2.45, 2.75) is 44.4 Å². The number of carbonyl (C=O) groups is 1. The maximum atomic E-state index is 12.7. The van der Waals surface area contributed by atoms with Gasteiger partial charge in [-0.3, -0.25) is 9.78 Å². The molecule has 4 rings (SSSR count). The molecule has 28 heavy (non-hydrogen) atoms. The smallest absolute Gasteiger partial charge is 0.333 e. The quantitative estimate of drug-likeness (QED) is 0.819. The Balaban J connectivity index is 1.42. The first-order chi connectivity index (χ1) is 13.4. The average Bonchev–Trinajstić information content (AvgIpc) is 3.25. The van der Waals surface area contributed by atoms with Gasteiger partial charge in [0.05, 0.1) is 18.4 Å². The molecule has 1 aliphatic heterocycles. The summed E-state index contributed by atoms with van der Waals surface area (Å²) in [4.78, 5) is 19.1. The third-order valence-corrected chi connectivity index (χ3v) is 5.20. The molecular weight excluding hydrogens is 368 g/mol. The summed E-state index contributed by atoms with van der Waals surface area (Å²) in [6.07, 6.45) is 5.05.